The van der Waals surface area contributed by atoms with E-state index in [1.807, 2.05) is 12.1 Å². The molecule has 0 bridgehead atoms. The molecule has 1 aromatic heterocycles. The van der Waals surface area contributed by atoms with Crippen LogP contribution in [0.5, 0.6) is 0 Å². The molecule has 0 saturated carbocycles. The molecule has 0 radical (unpaired) electrons. The van der Waals surface area contributed by atoms with Crippen LogP contribution < -0.4 is 10.6 Å². The fraction of sp³-hybridized carbons (Fsp3) is 0.286. The maximum Gasteiger partial charge on any atom is 0.319 e. The minimum Gasteiger partial charge on any atom is -0.356 e. The van der Waals surface area contributed by atoms with Gasteiger partial charge in [-0.25, -0.2) is 9.18 Å². The lowest BCUT2D eigenvalue weighted by Gasteiger charge is -2.31. The first-order valence-electron chi connectivity index (χ1n) is 9.62. The fourth-order valence-corrected chi connectivity index (χ4v) is 3.87. The molecule has 156 valence electrons. The molecular formula is C21H20BrFN4O3. The van der Waals surface area contributed by atoms with Crippen molar-refractivity contribution in [1.82, 2.24) is 15.4 Å². The monoisotopic (exact) mass is 474 g/mol. The van der Waals surface area contributed by atoms with E-state index in [1.54, 1.807) is 23.1 Å². The average molecular weight is 475 g/mol. The summed E-state index contributed by atoms with van der Waals surface area (Å²) in [5, 5.41) is 10.2. The lowest BCUT2D eigenvalue weighted by Crippen LogP contribution is -2.44. The predicted molar refractivity (Wildman–Crippen MR) is 114 cm³/mol. The van der Waals surface area contributed by atoms with Gasteiger partial charge in [-0.1, -0.05) is 21.1 Å². The number of hydrogen-bond donors (Lipinski definition) is 2. The van der Waals surface area contributed by atoms with Crippen molar-refractivity contribution in [3.63, 3.8) is 0 Å². The molecule has 0 atom stereocenters. The molecule has 0 aliphatic carbocycles. The SMILES string of the molecule is O=C(NCC(=O)N1CCC(c2noc3cc(F)ccc23)CC1)Nc1ccc(Br)cc1. The molecule has 30 heavy (non-hydrogen) atoms. The van der Waals surface area contributed by atoms with Gasteiger partial charge in [-0.15, -0.1) is 0 Å². The zero-order chi connectivity index (χ0) is 21.1. The second kappa shape index (κ2) is 8.83. The van der Waals surface area contributed by atoms with Crippen LogP contribution >= 0.6 is 15.9 Å². The summed E-state index contributed by atoms with van der Waals surface area (Å²) in [7, 11) is 0. The molecule has 9 heteroatoms. The Labute approximate surface area is 180 Å². The van der Waals surface area contributed by atoms with Gasteiger partial charge < -0.3 is 20.1 Å². The van der Waals surface area contributed by atoms with Crippen LogP contribution in [0.1, 0.15) is 24.5 Å². The van der Waals surface area contributed by atoms with E-state index in [-0.39, 0.29) is 24.2 Å². The van der Waals surface area contributed by atoms with Crippen molar-refractivity contribution < 1.29 is 18.5 Å². The molecule has 3 amide bonds. The number of anilines is 1. The zero-order valence-corrected chi connectivity index (χ0v) is 17.6. The first-order valence-corrected chi connectivity index (χ1v) is 10.4. The number of carbonyl (C=O) groups is 2. The molecule has 1 saturated heterocycles. The van der Waals surface area contributed by atoms with Gasteiger partial charge in [-0.2, -0.15) is 0 Å². The third-order valence-corrected chi connectivity index (χ3v) is 5.73. The Morgan fingerprint density at radius 1 is 1.17 bits per heavy atom. The van der Waals surface area contributed by atoms with E-state index in [4.69, 9.17) is 4.52 Å². The van der Waals surface area contributed by atoms with Crippen molar-refractivity contribution in [1.29, 1.82) is 0 Å². The Hall–Kier alpha value is -2.94. The Balaban J connectivity index is 1.26. The van der Waals surface area contributed by atoms with Crippen LogP contribution in [-0.4, -0.2) is 41.6 Å². The van der Waals surface area contributed by atoms with Crippen LogP contribution in [0.3, 0.4) is 0 Å². The summed E-state index contributed by atoms with van der Waals surface area (Å²) in [6, 6.07) is 11.1. The number of likely N-dealkylation sites (tertiary alicyclic amines) is 1. The van der Waals surface area contributed by atoms with E-state index in [2.05, 4.69) is 31.7 Å². The molecule has 0 unspecified atom stereocenters. The summed E-state index contributed by atoms with van der Waals surface area (Å²) in [5.41, 5.74) is 1.89. The number of carbonyl (C=O) groups excluding carboxylic acids is 2. The second-order valence-electron chi connectivity index (χ2n) is 7.18. The topological polar surface area (TPSA) is 87.5 Å². The highest BCUT2D eigenvalue weighted by Crippen LogP contribution is 2.32. The first-order chi connectivity index (χ1) is 14.5. The standard InChI is InChI=1S/C21H20BrFN4O3/c22-14-1-4-16(5-2-14)25-21(29)24-12-19(28)27-9-7-13(8-10-27)20-17-6-3-15(23)11-18(17)30-26-20/h1-6,11,13H,7-10,12H2,(H2,24,25,29). The smallest absolute Gasteiger partial charge is 0.319 e. The number of urea groups is 1. The highest BCUT2D eigenvalue weighted by Gasteiger charge is 2.27. The molecule has 3 aromatic rings. The van der Waals surface area contributed by atoms with Crippen LogP contribution in [0.4, 0.5) is 14.9 Å². The molecule has 2 N–H and O–H groups in total. The maximum atomic E-state index is 13.3. The van der Waals surface area contributed by atoms with Gasteiger partial charge in [0, 0.05) is 40.6 Å². The van der Waals surface area contributed by atoms with Gasteiger partial charge in [-0.3, -0.25) is 4.79 Å². The molecule has 7 nitrogen and oxygen atoms in total. The Morgan fingerprint density at radius 2 is 1.90 bits per heavy atom. The average Bonchev–Trinajstić information content (AvgIpc) is 3.17. The fourth-order valence-electron chi connectivity index (χ4n) is 3.60. The summed E-state index contributed by atoms with van der Waals surface area (Å²) >= 11 is 3.33. The Morgan fingerprint density at radius 3 is 2.63 bits per heavy atom. The van der Waals surface area contributed by atoms with E-state index in [9.17, 15) is 14.0 Å². The number of fused-ring (bicyclic) bond motifs is 1. The third-order valence-electron chi connectivity index (χ3n) is 5.20. The lowest BCUT2D eigenvalue weighted by molar-refractivity contribution is -0.131. The van der Waals surface area contributed by atoms with E-state index in [0.717, 1.165) is 28.4 Å². The summed E-state index contributed by atoms with van der Waals surface area (Å²) in [6.07, 6.45) is 1.46. The van der Waals surface area contributed by atoms with Crippen LogP contribution in [0, 0.1) is 5.82 Å². The zero-order valence-electron chi connectivity index (χ0n) is 16.0. The Kier molecular flexibility index (Phi) is 5.98. The maximum absolute atomic E-state index is 13.3. The number of amides is 3. The minimum atomic E-state index is -0.429. The van der Waals surface area contributed by atoms with Gasteiger partial charge in [0.1, 0.15) is 5.82 Å². The highest BCUT2D eigenvalue weighted by molar-refractivity contribution is 9.10. The van der Waals surface area contributed by atoms with Crippen molar-refractivity contribution >= 4 is 44.5 Å². The van der Waals surface area contributed by atoms with Crippen LogP contribution in [0.2, 0.25) is 0 Å². The Bertz CT molecular complexity index is 1060. The van der Waals surface area contributed by atoms with Gasteiger partial charge in [-0.05, 0) is 49.2 Å². The van der Waals surface area contributed by atoms with Gasteiger partial charge in [0.2, 0.25) is 5.91 Å². The summed E-state index contributed by atoms with van der Waals surface area (Å²) in [5.74, 6) is -0.344. The number of halogens is 2. The third kappa shape index (κ3) is 4.62. The second-order valence-corrected chi connectivity index (χ2v) is 8.09. The number of piperidine rings is 1. The molecular weight excluding hydrogens is 455 g/mol. The van der Waals surface area contributed by atoms with Crippen molar-refractivity contribution in [3.05, 3.63) is 58.4 Å². The predicted octanol–water partition coefficient (Wildman–Crippen LogP) is 4.26. The molecule has 1 aliphatic heterocycles. The van der Waals surface area contributed by atoms with Crippen molar-refractivity contribution in [2.45, 2.75) is 18.8 Å². The summed E-state index contributed by atoms with van der Waals surface area (Å²) in [4.78, 5) is 26.2. The van der Waals surface area contributed by atoms with E-state index in [0.29, 0.717) is 24.4 Å². The molecule has 1 fully saturated rings. The van der Waals surface area contributed by atoms with Crippen LogP contribution in [0.15, 0.2) is 51.5 Å². The van der Waals surface area contributed by atoms with Crippen molar-refractivity contribution in [3.8, 4) is 0 Å². The van der Waals surface area contributed by atoms with Crippen molar-refractivity contribution in [2.75, 3.05) is 25.0 Å². The largest absolute Gasteiger partial charge is 0.356 e. The minimum absolute atomic E-state index is 0.0702. The van der Waals surface area contributed by atoms with Crippen molar-refractivity contribution in [2.24, 2.45) is 0 Å². The quantitative estimate of drug-likeness (QED) is 0.591. The van der Waals surface area contributed by atoms with Gasteiger partial charge in [0.25, 0.3) is 0 Å². The molecule has 1 aliphatic rings. The van der Waals surface area contributed by atoms with E-state index >= 15 is 0 Å². The summed E-state index contributed by atoms with van der Waals surface area (Å²) < 4.78 is 19.5. The van der Waals surface area contributed by atoms with Gasteiger partial charge >= 0.3 is 6.03 Å². The van der Waals surface area contributed by atoms with E-state index in [1.165, 1.54) is 12.1 Å². The normalized spacial score (nSPS) is 14.7. The number of rotatable bonds is 4. The van der Waals surface area contributed by atoms with Gasteiger partial charge in [0.15, 0.2) is 5.58 Å². The summed E-state index contributed by atoms with van der Waals surface area (Å²) in [6.45, 7) is 1.06. The molecule has 2 heterocycles. The number of benzene rings is 2. The number of nitrogens with one attached hydrogen (secondary N) is 2. The highest BCUT2D eigenvalue weighted by atomic mass is 79.9. The number of aromatic nitrogens is 1. The number of nitrogens with zero attached hydrogens (tertiary/aromatic N) is 2. The number of hydrogen-bond acceptors (Lipinski definition) is 4. The van der Waals surface area contributed by atoms with Crippen LogP contribution in [0.25, 0.3) is 11.0 Å². The first kappa shape index (κ1) is 20.3. The van der Waals surface area contributed by atoms with Gasteiger partial charge in [0.05, 0.1) is 12.2 Å². The molecule has 4 rings (SSSR count). The van der Waals surface area contributed by atoms with Crippen LogP contribution in [-0.2, 0) is 4.79 Å². The lowest BCUT2D eigenvalue weighted by atomic mass is 9.91. The molecule has 2 aromatic carbocycles. The molecule has 0 spiro atoms. The van der Waals surface area contributed by atoms with E-state index < -0.39 is 6.03 Å².